The van der Waals surface area contributed by atoms with Crippen molar-refractivity contribution in [1.29, 1.82) is 0 Å². The molecule has 0 bridgehead atoms. The summed E-state index contributed by atoms with van der Waals surface area (Å²) in [4.78, 5) is 10.5. The largest absolute Gasteiger partial charge is 0.507 e. The molecule has 0 atom stereocenters. The molecular formula is C17H14O3. The monoisotopic (exact) mass is 266 g/mol. The number of carboxylic acid groups (broad SMARTS) is 1. The maximum absolute atomic E-state index is 10.5. The van der Waals surface area contributed by atoms with Gasteiger partial charge >= 0.3 is 5.97 Å². The van der Waals surface area contributed by atoms with Crippen LogP contribution in [-0.4, -0.2) is 16.2 Å². The number of para-hydroxylation sites is 1. The molecule has 0 aromatic heterocycles. The lowest BCUT2D eigenvalue weighted by Gasteiger charge is -1.98. The molecule has 0 spiro atoms. The molecule has 0 radical (unpaired) electrons. The number of aliphatic carboxylic acids is 1. The molecule has 2 N–H and O–H groups in total. The van der Waals surface area contributed by atoms with E-state index < -0.39 is 5.97 Å². The van der Waals surface area contributed by atoms with E-state index in [0.29, 0.717) is 12.0 Å². The molecule has 2 aromatic carbocycles. The predicted octanol–water partition coefficient (Wildman–Crippen LogP) is 2.81. The van der Waals surface area contributed by atoms with Crippen molar-refractivity contribution in [2.24, 2.45) is 0 Å². The van der Waals surface area contributed by atoms with Gasteiger partial charge in [-0.25, -0.2) is 0 Å². The zero-order valence-corrected chi connectivity index (χ0v) is 10.8. The van der Waals surface area contributed by atoms with Crippen molar-refractivity contribution in [3.63, 3.8) is 0 Å². The summed E-state index contributed by atoms with van der Waals surface area (Å²) in [6, 6.07) is 14.4. The number of hydrogen-bond donors (Lipinski definition) is 2. The smallest absolute Gasteiger partial charge is 0.303 e. The van der Waals surface area contributed by atoms with Crippen molar-refractivity contribution in [1.82, 2.24) is 0 Å². The Bertz CT molecular complexity index is 661. The third kappa shape index (κ3) is 3.89. The van der Waals surface area contributed by atoms with E-state index in [1.165, 1.54) is 0 Å². The third-order valence-corrected chi connectivity index (χ3v) is 2.83. The average molecular weight is 266 g/mol. The van der Waals surface area contributed by atoms with Crippen molar-refractivity contribution < 1.29 is 15.0 Å². The van der Waals surface area contributed by atoms with Crippen LogP contribution < -0.4 is 0 Å². The van der Waals surface area contributed by atoms with Crippen LogP contribution in [0, 0.1) is 11.8 Å². The summed E-state index contributed by atoms with van der Waals surface area (Å²) >= 11 is 0. The Hall–Kier alpha value is -2.73. The molecule has 0 saturated carbocycles. The second kappa shape index (κ2) is 6.44. The van der Waals surface area contributed by atoms with Crippen LogP contribution in [-0.2, 0) is 11.2 Å². The second-order valence-electron chi connectivity index (χ2n) is 4.36. The molecule has 3 nitrogen and oxygen atoms in total. The van der Waals surface area contributed by atoms with Crippen LogP contribution in [0.15, 0.2) is 48.5 Å². The Kier molecular flexibility index (Phi) is 4.41. The molecule has 0 saturated heterocycles. The Balaban J connectivity index is 2.08. The minimum atomic E-state index is -0.798. The second-order valence-corrected chi connectivity index (χ2v) is 4.36. The van der Waals surface area contributed by atoms with Gasteiger partial charge in [-0.05, 0) is 36.2 Å². The fourth-order valence-electron chi connectivity index (χ4n) is 1.72. The van der Waals surface area contributed by atoms with Crippen LogP contribution >= 0.6 is 0 Å². The van der Waals surface area contributed by atoms with Gasteiger partial charge < -0.3 is 10.2 Å². The normalized spacial score (nSPS) is 9.60. The molecule has 3 heteroatoms. The van der Waals surface area contributed by atoms with Gasteiger partial charge in [0.05, 0.1) is 5.56 Å². The van der Waals surface area contributed by atoms with Crippen LogP contribution in [0.3, 0.4) is 0 Å². The quantitative estimate of drug-likeness (QED) is 0.840. The Labute approximate surface area is 117 Å². The predicted molar refractivity (Wildman–Crippen MR) is 76.5 cm³/mol. The molecule has 2 rings (SSSR count). The summed E-state index contributed by atoms with van der Waals surface area (Å²) in [5.74, 6) is 5.24. The van der Waals surface area contributed by atoms with Gasteiger partial charge in [0.15, 0.2) is 0 Å². The Morgan fingerprint density at radius 3 is 2.35 bits per heavy atom. The summed E-state index contributed by atoms with van der Waals surface area (Å²) < 4.78 is 0. The van der Waals surface area contributed by atoms with Crippen molar-refractivity contribution in [3.8, 4) is 17.6 Å². The van der Waals surface area contributed by atoms with Crippen molar-refractivity contribution in [2.45, 2.75) is 12.8 Å². The van der Waals surface area contributed by atoms with Crippen molar-refractivity contribution >= 4 is 5.97 Å². The molecule has 0 fully saturated rings. The average Bonchev–Trinajstić information content (AvgIpc) is 2.45. The van der Waals surface area contributed by atoms with Crippen LogP contribution in [0.5, 0.6) is 5.75 Å². The lowest BCUT2D eigenvalue weighted by Crippen LogP contribution is -1.97. The molecular weight excluding hydrogens is 252 g/mol. The highest BCUT2D eigenvalue weighted by Gasteiger charge is 1.99. The number of phenols is 1. The van der Waals surface area contributed by atoms with Crippen molar-refractivity contribution in [3.05, 3.63) is 65.2 Å². The zero-order valence-electron chi connectivity index (χ0n) is 10.8. The molecule has 0 amide bonds. The molecule has 0 unspecified atom stereocenters. The molecule has 0 heterocycles. The van der Waals surface area contributed by atoms with Gasteiger partial charge in [0.25, 0.3) is 0 Å². The molecule has 0 aliphatic rings. The van der Waals surface area contributed by atoms with Crippen molar-refractivity contribution in [2.75, 3.05) is 0 Å². The first-order chi connectivity index (χ1) is 9.65. The van der Waals surface area contributed by atoms with Gasteiger partial charge in [0.2, 0.25) is 0 Å². The molecule has 20 heavy (non-hydrogen) atoms. The number of rotatable bonds is 3. The minimum Gasteiger partial charge on any atom is -0.507 e. The lowest BCUT2D eigenvalue weighted by atomic mass is 10.1. The number of carboxylic acids is 1. The highest BCUT2D eigenvalue weighted by Crippen LogP contribution is 2.14. The number of hydrogen-bond acceptors (Lipinski definition) is 2. The number of carbonyl (C=O) groups is 1. The molecule has 100 valence electrons. The minimum absolute atomic E-state index is 0.128. The zero-order chi connectivity index (χ0) is 14.4. The van der Waals surface area contributed by atoms with Gasteiger partial charge in [-0.1, -0.05) is 36.1 Å². The lowest BCUT2D eigenvalue weighted by molar-refractivity contribution is -0.136. The number of aromatic hydroxyl groups is 1. The summed E-state index contributed by atoms with van der Waals surface area (Å²) in [5, 5.41) is 18.2. The number of phenolic OH excluding ortho intramolecular Hbond substituents is 1. The topological polar surface area (TPSA) is 57.5 Å². The van der Waals surface area contributed by atoms with E-state index in [-0.39, 0.29) is 12.2 Å². The summed E-state index contributed by atoms with van der Waals surface area (Å²) in [5.41, 5.74) is 2.38. The first kappa shape index (κ1) is 13.7. The van der Waals surface area contributed by atoms with Crippen LogP contribution in [0.25, 0.3) is 0 Å². The maximum Gasteiger partial charge on any atom is 0.303 e. The SMILES string of the molecule is O=C(O)CCc1ccc(C#Cc2ccccc2O)cc1. The highest BCUT2D eigenvalue weighted by molar-refractivity contribution is 5.67. The van der Waals surface area contributed by atoms with Crippen LogP contribution in [0.4, 0.5) is 0 Å². The van der Waals surface area contributed by atoms with E-state index in [1.807, 2.05) is 30.3 Å². The fraction of sp³-hybridized carbons (Fsp3) is 0.118. The van der Waals surface area contributed by atoms with Gasteiger partial charge in [0, 0.05) is 12.0 Å². The Morgan fingerprint density at radius 1 is 1.00 bits per heavy atom. The van der Waals surface area contributed by atoms with Gasteiger partial charge in [-0.3, -0.25) is 4.79 Å². The standard InChI is InChI=1S/C17H14O3/c18-16-4-2-1-3-15(16)11-9-13-5-7-14(8-6-13)10-12-17(19)20/h1-8,18H,10,12H2,(H,19,20). The molecule has 0 aliphatic carbocycles. The van der Waals surface area contributed by atoms with Gasteiger partial charge in [0.1, 0.15) is 5.75 Å². The molecule has 2 aromatic rings. The van der Waals surface area contributed by atoms with Gasteiger partial charge in [-0.15, -0.1) is 0 Å². The van der Waals surface area contributed by atoms with E-state index in [0.717, 1.165) is 11.1 Å². The fourth-order valence-corrected chi connectivity index (χ4v) is 1.72. The van der Waals surface area contributed by atoms with Crippen LogP contribution in [0.2, 0.25) is 0 Å². The summed E-state index contributed by atoms with van der Waals surface area (Å²) in [6.45, 7) is 0. The van der Waals surface area contributed by atoms with Gasteiger partial charge in [-0.2, -0.15) is 0 Å². The van der Waals surface area contributed by atoms with E-state index in [2.05, 4.69) is 11.8 Å². The van der Waals surface area contributed by atoms with E-state index >= 15 is 0 Å². The van der Waals surface area contributed by atoms with Crippen LogP contribution in [0.1, 0.15) is 23.1 Å². The van der Waals surface area contributed by atoms with E-state index in [1.54, 1.807) is 18.2 Å². The first-order valence-electron chi connectivity index (χ1n) is 6.26. The Morgan fingerprint density at radius 2 is 1.70 bits per heavy atom. The first-order valence-corrected chi connectivity index (χ1v) is 6.26. The highest BCUT2D eigenvalue weighted by atomic mass is 16.4. The summed E-state index contributed by atoms with van der Waals surface area (Å²) in [7, 11) is 0. The third-order valence-electron chi connectivity index (χ3n) is 2.83. The van der Waals surface area contributed by atoms with E-state index in [9.17, 15) is 9.90 Å². The summed E-state index contributed by atoms with van der Waals surface area (Å²) in [6.07, 6.45) is 0.644. The molecule has 0 aliphatic heterocycles. The number of aryl methyl sites for hydroxylation is 1. The maximum atomic E-state index is 10.5. The van der Waals surface area contributed by atoms with E-state index in [4.69, 9.17) is 5.11 Å². The number of benzene rings is 2.